The average molecular weight is 309 g/mol. The van der Waals surface area contributed by atoms with E-state index in [1.165, 1.54) is 6.20 Å². The molecule has 0 spiro atoms. The van der Waals surface area contributed by atoms with Crippen LogP contribution in [0.1, 0.15) is 12.8 Å². The third-order valence-electron chi connectivity index (χ3n) is 3.04. The van der Waals surface area contributed by atoms with E-state index >= 15 is 0 Å². The molecule has 2 aromatic heterocycles. The summed E-state index contributed by atoms with van der Waals surface area (Å²) in [7, 11) is -1.85. The second-order valence-corrected chi connectivity index (χ2v) is 6.26. The zero-order valence-corrected chi connectivity index (χ0v) is 12.7. The zero-order chi connectivity index (χ0) is 15.1. The highest BCUT2D eigenvalue weighted by atomic mass is 32.2. The zero-order valence-electron chi connectivity index (χ0n) is 11.9. The Morgan fingerprint density at radius 3 is 2.81 bits per heavy atom. The first-order valence-electron chi connectivity index (χ1n) is 6.70. The highest BCUT2D eigenvalue weighted by Gasteiger charge is 2.17. The van der Waals surface area contributed by atoms with Crippen LogP contribution in [0.25, 0.3) is 0 Å². The highest BCUT2D eigenvalue weighted by molar-refractivity contribution is 7.89. The summed E-state index contributed by atoms with van der Waals surface area (Å²) in [4.78, 5) is 7.99. The van der Waals surface area contributed by atoms with Crippen LogP contribution in [0.15, 0.2) is 42.1 Å². The van der Waals surface area contributed by atoms with E-state index in [1.54, 1.807) is 31.8 Å². The van der Waals surface area contributed by atoms with Crippen LogP contribution < -0.4 is 10.0 Å². The first-order chi connectivity index (χ1) is 10.1. The first-order valence-corrected chi connectivity index (χ1v) is 8.19. The predicted molar refractivity (Wildman–Crippen MR) is 80.4 cm³/mol. The molecule has 7 nitrogen and oxygen atoms in total. The number of unbranched alkanes of at least 4 members (excludes halogenated alkanes) is 1. The van der Waals surface area contributed by atoms with E-state index in [0.29, 0.717) is 12.2 Å². The van der Waals surface area contributed by atoms with Crippen molar-refractivity contribution in [3.63, 3.8) is 0 Å². The van der Waals surface area contributed by atoms with Crippen LogP contribution in [0.4, 0.5) is 5.69 Å². The SMILES string of the molecule is CNc1ccncc1S(=O)(=O)NCCCCn1ccnc1. The smallest absolute Gasteiger partial charge is 0.244 e. The molecule has 2 heterocycles. The van der Waals surface area contributed by atoms with E-state index in [9.17, 15) is 8.42 Å². The van der Waals surface area contributed by atoms with Crippen molar-refractivity contribution in [1.82, 2.24) is 19.3 Å². The van der Waals surface area contributed by atoms with Gasteiger partial charge in [-0.2, -0.15) is 0 Å². The molecule has 0 bridgehead atoms. The fourth-order valence-electron chi connectivity index (χ4n) is 1.92. The number of aromatic nitrogens is 3. The van der Waals surface area contributed by atoms with E-state index in [0.717, 1.165) is 19.4 Å². The molecule has 0 saturated heterocycles. The highest BCUT2D eigenvalue weighted by Crippen LogP contribution is 2.18. The monoisotopic (exact) mass is 309 g/mol. The number of nitrogens with zero attached hydrogens (tertiary/aromatic N) is 3. The van der Waals surface area contributed by atoms with Crippen LogP contribution in [0.3, 0.4) is 0 Å². The second-order valence-electron chi connectivity index (χ2n) is 4.53. The van der Waals surface area contributed by atoms with Crippen molar-refractivity contribution in [3.8, 4) is 0 Å². The summed E-state index contributed by atoms with van der Waals surface area (Å²) in [6.45, 7) is 1.23. The molecule has 0 aliphatic carbocycles. The molecule has 0 aromatic carbocycles. The largest absolute Gasteiger partial charge is 0.387 e. The lowest BCUT2D eigenvalue weighted by molar-refractivity contribution is 0.566. The fraction of sp³-hybridized carbons (Fsp3) is 0.385. The summed E-state index contributed by atoms with van der Waals surface area (Å²) in [6, 6.07) is 1.63. The van der Waals surface area contributed by atoms with Crippen LogP contribution in [-0.4, -0.2) is 36.5 Å². The van der Waals surface area contributed by atoms with Crippen molar-refractivity contribution < 1.29 is 8.42 Å². The normalized spacial score (nSPS) is 11.5. The Bertz CT molecular complexity index is 655. The predicted octanol–water partition coefficient (Wildman–Crippen LogP) is 1.08. The molecule has 2 rings (SSSR count). The fourth-order valence-corrected chi connectivity index (χ4v) is 3.15. The number of anilines is 1. The summed E-state index contributed by atoms with van der Waals surface area (Å²) in [6.07, 6.45) is 9.90. The summed E-state index contributed by atoms with van der Waals surface area (Å²) in [5.41, 5.74) is 0.538. The third-order valence-corrected chi connectivity index (χ3v) is 4.53. The van der Waals surface area contributed by atoms with Crippen LogP contribution in [-0.2, 0) is 16.6 Å². The average Bonchev–Trinajstić information content (AvgIpc) is 3.00. The molecule has 2 aromatic rings. The maximum Gasteiger partial charge on any atom is 0.244 e. The molecule has 0 saturated carbocycles. The number of pyridine rings is 1. The van der Waals surface area contributed by atoms with Crippen LogP contribution in [0, 0.1) is 0 Å². The Kier molecular flexibility index (Phi) is 5.29. The molecule has 8 heteroatoms. The Morgan fingerprint density at radius 1 is 1.24 bits per heavy atom. The van der Waals surface area contributed by atoms with Crippen molar-refractivity contribution in [1.29, 1.82) is 0 Å². The molecular formula is C13H19N5O2S. The Hall–Kier alpha value is -1.93. The molecule has 0 fully saturated rings. The maximum atomic E-state index is 12.2. The molecule has 21 heavy (non-hydrogen) atoms. The minimum atomic E-state index is -3.53. The topological polar surface area (TPSA) is 88.9 Å². The van der Waals surface area contributed by atoms with Gasteiger partial charge in [-0.25, -0.2) is 18.1 Å². The van der Waals surface area contributed by atoms with Gasteiger partial charge in [0.2, 0.25) is 10.0 Å². The molecule has 0 unspecified atom stereocenters. The quantitative estimate of drug-likeness (QED) is 0.712. The van der Waals surface area contributed by atoms with Gasteiger partial charge >= 0.3 is 0 Å². The summed E-state index contributed by atoms with van der Waals surface area (Å²) < 4.78 is 29.0. The van der Waals surface area contributed by atoms with Gasteiger partial charge in [-0.15, -0.1) is 0 Å². The van der Waals surface area contributed by atoms with E-state index in [2.05, 4.69) is 20.0 Å². The second kappa shape index (κ2) is 7.19. The first kappa shape index (κ1) is 15.5. The number of sulfonamides is 1. The Morgan fingerprint density at radius 2 is 2.10 bits per heavy atom. The maximum absolute atomic E-state index is 12.2. The van der Waals surface area contributed by atoms with E-state index in [1.807, 2.05) is 10.8 Å². The van der Waals surface area contributed by atoms with Crippen LogP contribution in [0.5, 0.6) is 0 Å². The Labute approximate surface area is 124 Å². The number of imidazole rings is 1. The summed E-state index contributed by atoms with van der Waals surface area (Å²) in [5.74, 6) is 0. The van der Waals surface area contributed by atoms with Gasteiger partial charge in [-0.1, -0.05) is 0 Å². The molecule has 0 aliphatic heterocycles. The van der Waals surface area contributed by atoms with E-state index in [-0.39, 0.29) is 4.90 Å². The van der Waals surface area contributed by atoms with Gasteiger partial charge < -0.3 is 9.88 Å². The number of hydrogen-bond acceptors (Lipinski definition) is 5. The number of hydrogen-bond donors (Lipinski definition) is 2. The van der Waals surface area contributed by atoms with Gasteiger partial charge in [-0.3, -0.25) is 4.98 Å². The molecule has 0 amide bonds. The summed E-state index contributed by atoms with van der Waals surface area (Å²) >= 11 is 0. The van der Waals surface area contributed by atoms with Crippen LogP contribution in [0.2, 0.25) is 0 Å². The Balaban J connectivity index is 1.84. The van der Waals surface area contributed by atoms with E-state index < -0.39 is 10.0 Å². The molecule has 2 N–H and O–H groups in total. The summed E-state index contributed by atoms with van der Waals surface area (Å²) in [5, 5.41) is 2.85. The number of rotatable bonds is 8. The minimum Gasteiger partial charge on any atom is -0.387 e. The van der Waals surface area contributed by atoms with Gasteiger partial charge in [0.25, 0.3) is 0 Å². The van der Waals surface area contributed by atoms with Crippen LogP contribution >= 0.6 is 0 Å². The number of aryl methyl sites for hydroxylation is 1. The van der Waals surface area contributed by atoms with Gasteiger partial charge in [0.05, 0.1) is 12.0 Å². The van der Waals surface area contributed by atoms with E-state index in [4.69, 9.17) is 0 Å². The van der Waals surface area contributed by atoms with Crippen molar-refractivity contribution in [2.45, 2.75) is 24.3 Å². The molecule has 0 atom stereocenters. The van der Waals surface area contributed by atoms with Gasteiger partial charge in [0.15, 0.2) is 0 Å². The van der Waals surface area contributed by atoms with Crippen molar-refractivity contribution in [2.75, 3.05) is 18.9 Å². The van der Waals surface area contributed by atoms with Crippen molar-refractivity contribution in [2.24, 2.45) is 0 Å². The molecule has 114 valence electrons. The lowest BCUT2D eigenvalue weighted by atomic mass is 10.3. The lowest BCUT2D eigenvalue weighted by Crippen LogP contribution is -2.25. The molecular weight excluding hydrogens is 290 g/mol. The van der Waals surface area contributed by atoms with Gasteiger partial charge in [-0.05, 0) is 18.9 Å². The van der Waals surface area contributed by atoms with Gasteiger partial charge in [0, 0.05) is 44.9 Å². The van der Waals surface area contributed by atoms with Crippen molar-refractivity contribution in [3.05, 3.63) is 37.2 Å². The lowest BCUT2D eigenvalue weighted by Gasteiger charge is -2.10. The number of nitrogens with one attached hydrogen (secondary N) is 2. The third kappa shape index (κ3) is 4.27. The molecule has 0 radical (unpaired) electrons. The van der Waals surface area contributed by atoms with Gasteiger partial charge in [0.1, 0.15) is 4.90 Å². The minimum absolute atomic E-state index is 0.169. The van der Waals surface area contributed by atoms with Crippen molar-refractivity contribution >= 4 is 15.7 Å². The standard InChI is InChI=1S/C13H19N5O2S/c1-14-12-4-6-15-10-13(12)21(19,20)17-5-2-3-8-18-9-7-16-11-18/h4,6-7,9-11,17H,2-3,5,8H2,1H3,(H,14,15). The molecule has 0 aliphatic rings.